The van der Waals surface area contributed by atoms with Gasteiger partial charge in [-0.25, -0.2) is 12.7 Å². The molecule has 1 aliphatic heterocycles. The number of nitrogens with zero attached hydrogens (tertiary/aromatic N) is 1. The number of hydrogen-bond acceptors (Lipinski definition) is 3. The van der Waals surface area contributed by atoms with Crippen LogP contribution >= 0.6 is 22.6 Å². The zero-order valence-corrected chi connectivity index (χ0v) is 14.0. The molecule has 0 atom stereocenters. The molecule has 2 aromatic carbocycles. The standard InChI is InChI=1S/C15H12INO3S/c16-12-6-7-13-14(10-12)21(19,20)17(15(13)18)9-8-11-4-2-1-3-5-11/h1-7,10H,8-9H2. The topological polar surface area (TPSA) is 54.5 Å². The fourth-order valence-corrected chi connectivity index (χ4v) is 4.64. The van der Waals surface area contributed by atoms with E-state index in [2.05, 4.69) is 0 Å². The van der Waals surface area contributed by atoms with E-state index in [1.165, 1.54) is 0 Å². The van der Waals surface area contributed by atoms with Crippen molar-refractivity contribution in [1.29, 1.82) is 0 Å². The number of halogens is 1. The van der Waals surface area contributed by atoms with Crippen LogP contribution in [0.3, 0.4) is 0 Å². The maximum absolute atomic E-state index is 12.5. The Bertz CT molecular complexity index is 803. The normalized spacial score (nSPS) is 16.0. The zero-order valence-electron chi connectivity index (χ0n) is 11.0. The number of rotatable bonds is 3. The molecule has 0 fully saturated rings. The van der Waals surface area contributed by atoms with Crippen molar-refractivity contribution < 1.29 is 13.2 Å². The fraction of sp³-hybridized carbons (Fsp3) is 0.133. The summed E-state index contributed by atoms with van der Waals surface area (Å²) in [5, 5.41) is 0. The monoisotopic (exact) mass is 413 g/mol. The van der Waals surface area contributed by atoms with Crippen LogP contribution in [0.5, 0.6) is 0 Å². The van der Waals surface area contributed by atoms with Gasteiger partial charge >= 0.3 is 0 Å². The number of fused-ring (bicyclic) bond motifs is 1. The molecule has 0 bridgehead atoms. The Balaban J connectivity index is 1.90. The Kier molecular flexibility index (Phi) is 3.75. The summed E-state index contributed by atoms with van der Waals surface area (Å²) < 4.78 is 26.7. The van der Waals surface area contributed by atoms with Gasteiger partial charge in [-0.05, 0) is 52.8 Å². The number of amides is 1. The van der Waals surface area contributed by atoms with Gasteiger partial charge in [0.15, 0.2) is 0 Å². The quantitative estimate of drug-likeness (QED) is 0.728. The third kappa shape index (κ3) is 2.57. The molecule has 108 valence electrons. The smallest absolute Gasteiger partial charge is 0.268 e. The van der Waals surface area contributed by atoms with E-state index in [9.17, 15) is 13.2 Å². The van der Waals surface area contributed by atoms with Crippen LogP contribution in [-0.2, 0) is 16.4 Å². The van der Waals surface area contributed by atoms with Crippen LogP contribution in [0.2, 0.25) is 0 Å². The number of sulfonamides is 1. The minimum Gasteiger partial charge on any atom is -0.268 e. The minimum absolute atomic E-state index is 0.118. The van der Waals surface area contributed by atoms with E-state index < -0.39 is 15.9 Å². The summed E-state index contributed by atoms with van der Waals surface area (Å²) in [5.74, 6) is -0.433. The molecule has 1 amide bonds. The Hall–Kier alpha value is -1.41. The van der Waals surface area contributed by atoms with Gasteiger partial charge in [0.25, 0.3) is 15.9 Å². The first-order valence-electron chi connectivity index (χ1n) is 6.41. The molecule has 0 aliphatic carbocycles. The van der Waals surface area contributed by atoms with E-state index in [1.807, 2.05) is 52.9 Å². The summed E-state index contributed by atoms with van der Waals surface area (Å²) in [7, 11) is -3.71. The van der Waals surface area contributed by atoms with Gasteiger partial charge in [-0.2, -0.15) is 0 Å². The van der Waals surface area contributed by atoms with Gasteiger partial charge in [-0.1, -0.05) is 30.3 Å². The van der Waals surface area contributed by atoms with Crippen molar-refractivity contribution in [1.82, 2.24) is 4.31 Å². The van der Waals surface area contributed by atoms with Crippen molar-refractivity contribution in [2.45, 2.75) is 11.3 Å². The number of carbonyl (C=O) groups is 1. The molecule has 0 aromatic heterocycles. The van der Waals surface area contributed by atoms with Crippen LogP contribution in [0.4, 0.5) is 0 Å². The van der Waals surface area contributed by atoms with Gasteiger partial charge < -0.3 is 0 Å². The van der Waals surface area contributed by atoms with Gasteiger partial charge in [0, 0.05) is 10.1 Å². The molecule has 0 saturated heterocycles. The van der Waals surface area contributed by atoms with Crippen molar-refractivity contribution in [3.8, 4) is 0 Å². The highest BCUT2D eigenvalue weighted by atomic mass is 127. The molecule has 6 heteroatoms. The van der Waals surface area contributed by atoms with Crippen LogP contribution in [0.25, 0.3) is 0 Å². The predicted molar refractivity (Wildman–Crippen MR) is 87.5 cm³/mol. The second-order valence-corrected chi connectivity index (χ2v) is 7.83. The van der Waals surface area contributed by atoms with Crippen LogP contribution < -0.4 is 0 Å². The van der Waals surface area contributed by atoms with Crippen molar-refractivity contribution in [2.75, 3.05) is 6.54 Å². The van der Waals surface area contributed by atoms with Gasteiger partial charge in [0.2, 0.25) is 0 Å². The van der Waals surface area contributed by atoms with E-state index in [4.69, 9.17) is 0 Å². The number of hydrogen-bond donors (Lipinski definition) is 0. The largest absolute Gasteiger partial charge is 0.269 e. The first-order valence-corrected chi connectivity index (χ1v) is 8.92. The van der Waals surface area contributed by atoms with Crippen molar-refractivity contribution in [3.05, 3.63) is 63.2 Å². The predicted octanol–water partition coefficient (Wildman–Crippen LogP) is 2.68. The molecule has 0 N–H and O–H groups in total. The first kappa shape index (κ1) is 14.5. The summed E-state index contributed by atoms with van der Waals surface area (Å²) in [6.07, 6.45) is 0.511. The molecule has 0 spiro atoms. The van der Waals surface area contributed by atoms with Crippen LogP contribution in [-0.4, -0.2) is 25.2 Å². The number of benzene rings is 2. The third-order valence-corrected chi connectivity index (χ3v) is 5.91. The van der Waals surface area contributed by atoms with Gasteiger partial charge in [0.05, 0.1) is 5.56 Å². The molecule has 0 saturated carbocycles. The van der Waals surface area contributed by atoms with Gasteiger partial charge in [0.1, 0.15) is 4.90 Å². The maximum atomic E-state index is 12.5. The maximum Gasteiger partial charge on any atom is 0.269 e. The molecule has 3 rings (SSSR count). The van der Waals surface area contributed by atoms with E-state index in [0.29, 0.717) is 6.42 Å². The Labute approximate surface area is 137 Å². The summed E-state index contributed by atoms with van der Waals surface area (Å²) in [5.41, 5.74) is 1.27. The lowest BCUT2D eigenvalue weighted by Crippen LogP contribution is -2.32. The first-order chi connectivity index (χ1) is 10.00. The lowest BCUT2D eigenvalue weighted by molar-refractivity contribution is 0.0872. The molecule has 4 nitrogen and oxygen atoms in total. The lowest BCUT2D eigenvalue weighted by Gasteiger charge is -2.14. The highest BCUT2D eigenvalue weighted by Crippen LogP contribution is 2.31. The number of carbonyl (C=O) groups excluding carboxylic acids is 1. The van der Waals surface area contributed by atoms with Gasteiger partial charge in [-0.3, -0.25) is 4.79 Å². The van der Waals surface area contributed by atoms with E-state index >= 15 is 0 Å². The summed E-state index contributed by atoms with van der Waals surface area (Å²) in [4.78, 5) is 12.4. The highest BCUT2D eigenvalue weighted by Gasteiger charge is 2.40. The second-order valence-electron chi connectivity index (χ2n) is 4.76. The molecule has 0 radical (unpaired) electrons. The average molecular weight is 413 g/mol. The second kappa shape index (κ2) is 5.42. The zero-order chi connectivity index (χ0) is 15.0. The van der Waals surface area contributed by atoms with E-state index in [1.54, 1.807) is 18.2 Å². The summed E-state index contributed by atoms with van der Waals surface area (Å²) in [6.45, 7) is 0.163. The summed E-state index contributed by atoms with van der Waals surface area (Å²) in [6, 6.07) is 14.4. The molecule has 2 aromatic rings. The molecule has 0 unspecified atom stereocenters. The van der Waals surface area contributed by atoms with Crippen molar-refractivity contribution >= 4 is 38.5 Å². The summed E-state index contributed by atoms with van der Waals surface area (Å²) >= 11 is 2.04. The van der Waals surface area contributed by atoms with Gasteiger partial charge in [-0.15, -0.1) is 0 Å². The average Bonchev–Trinajstić information content (AvgIpc) is 2.65. The Morgan fingerprint density at radius 3 is 2.48 bits per heavy atom. The lowest BCUT2D eigenvalue weighted by atomic mass is 10.1. The SMILES string of the molecule is O=C1c2ccc(I)cc2S(=O)(=O)N1CCc1ccccc1. The van der Waals surface area contributed by atoms with E-state index in [-0.39, 0.29) is 17.0 Å². The fourth-order valence-electron chi connectivity index (χ4n) is 2.35. The molecule has 1 aliphatic rings. The molecule has 1 heterocycles. The third-order valence-electron chi connectivity index (χ3n) is 3.42. The minimum atomic E-state index is -3.71. The van der Waals surface area contributed by atoms with Crippen LogP contribution in [0.1, 0.15) is 15.9 Å². The Morgan fingerprint density at radius 1 is 1.05 bits per heavy atom. The highest BCUT2D eigenvalue weighted by molar-refractivity contribution is 14.1. The Morgan fingerprint density at radius 2 is 1.76 bits per heavy atom. The van der Waals surface area contributed by atoms with Crippen molar-refractivity contribution in [3.63, 3.8) is 0 Å². The van der Waals surface area contributed by atoms with Crippen molar-refractivity contribution in [2.24, 2.45) is 0 Å². The van der Waals surface area contributed by atoms with E-state index in [0.717, 1.165) is 13.4 Å². The molecular formula is C15H12INO3S. The van der Waals surface area contributed by atoms with Crippen LogP contribution in [0, 0.1) is 3.57 Å². The van der Waals surface area contributed by atoms with Crippen LogP contribution in [0.15, 0.2) is 53.4 Å². The molecule has 21 heavy (non-hydrogen) atoms. The molecular weight excluding hydrogens is 401 g/mol.